The zero-order valence-electron chi connectivity index (χ0n) is 25.5. The van der Waals surface area contributed by atoms with Crippen molar-refractivity contribution in [2.75, 3.05) is 0 Å². The first kappa shape index (κ1) is 27.4. The molecule has 0 bridgehead atoms. The van der Waals surface area contributed by atoms with Crippen molar-refractivity contribution in [3.8, 4) is 56.3 Å². The molecule has 0 saturated carbocycles. The summed E-state index contributed by atoms with van der Waals surface area (Å²) in [6, 6.07) is 42.9. The first-order valence-corrected chi connectivity index (χ1v) is 15.0. The Balaban J connectivity index is 1.36. The number of aryl methyl sites for hydroxylation is 4. The van der Waals surface area contributed by atoms with Crippen LogP contribution in [0.3, 0.4) is 0 Å². The van der Waals surface area contributed by atoms with Gasteiger partial charge in [-0.1, -0.05) is 96.1 Å². The Morgan fingerprint density at radius 1 is 0.455 bits per heavy atom. The third kappa shape index (κ3) is 5.29. The molecule has 0 N–H and O–H groups in total. The van der Waals surface area contributed by atoms with Gasteiger partial charge in [-0.15, -0.1) is 0 Å². The van der Waals surface area contributed by atoms with Crippen LogP contribution in [0, 0.1) is 27.7 Å². The molecule has 2 heterocycles. The Kier molecular flexibility index (Phi) is 7.07. The number of nitrogens with zero attached hydrogens (tertiary/aromatic N) is 3. The van der Waals surface area contributed by atoms with E-state index in [0.29, 0.717) is 5.82 Å². The predicted octanol–water partition coefficient (Wildman–Crippen LogP) is 10.6. The lowest BCUT2D eigenvalue weighted by atomic mass is 9.97. The van der Waals surface area contributed by atoms with E-state index >= 15 is 0 Å². The van der Waals surface area contributed by atoms with Gasteiger partial charge in [0.05, 0.1) is 17.1 Å². The molecule has 0 atom stereocenters. The van der Waals surface area contributed by atoms with Gasteiger partial charge in [0.15, 0.2) is 5.82 Å². The van der Waals surface area contributed by atoms with Gasteiger partial charge in [-0.25, -0.2) is 9.97 Å². The van der Waals surface area contributed by atoms with Crippen LogP contribution < -0.4 is 0 Å². The van der Waals surface area contributed by atoms with Gasteiger partial charge >= 0.3 is 0 Å². The van der Waals surface area contributed by atoms with E-state index in [2.05, 4.69) is 149 Å². The zero-order valence-corrected chi connectivity index (χ0v) is 25.5. The Morgan fingerprint density at radius 2 is 1.02 bits per heavy atom. The minimum Gasteiger partial charge on any atom is -0.256 e. The fraction of sp³-hybridized carbons (Fsp3) is 0.0976. The molecule has 0 radical (unpaired) electrons. The fourth-order valence-electron chi connectivity index (χ4n) is 5.91. The van der Waals surface area contributed by atoms with E-state index in [9.17, 15) is 0 Å². The maximum Gasteiger partial charge on any atom is 0.160 e. The van der Waals surface area contributed by atoms with E-state index in [1.165, 1.54) is 27.6 Å². The highest BCUT2D eigenvalue weighted by Crippen LogP contribution is 2.34. The number of aromatic nitrogens is 3. The van der Waals surface area contributed by atoms with E-state index in [1.54, 1.807) is 0 Å². The average Bonchev–Trinajstić information content (AvgIpc) is 3.06. The molecule has 0 saturated heterocycles. The Hall–Kier alpha value is -5.41. The summed E-state index contributed by atoms with van der Waals surface area (Å²) in [4.78, 5) is 15.1. The van der Waals surface area contributed by atoms with E-state index in [1.807, 2.05) is 6.20 Å². The Labute approximate surface area is 259 Å². The van der Waals surface area contributed by atoms with Crippen LogP contribution in [0.2, 0.25) is 0 Å². The summed E-state index contributed by atoms with van der Waals surface area (Å²) in [5.74, 6) is 0.716. The van der Waals surface area contributed by atoms with Crippen molar-refractivity contribution < 1.29 is 0 Å². The second-order valence-corrected chi connectivity index (χ2v) is 11.6. The molecule has 0 fully saturated rings. The van der Waals surface area contributed by atoms with Crippen molar-refractivity contribution in [3.05, 3.63) is 150 Å². The Bertz CT molecular complexity index is 2100. The molecule has 44 heavy (non-hydrogen) atoms. The molecule has 0 aliphatic carbocycles. The first-order valence-electron chi connectivity index (χ1n) is 15.0. The molecule has 2 aromatic heterocycles. The molecule has 0 aliphatic heterocycles. The molecular formula is C41H33N3. The minimum absolute atomic E-state index is 0.716. The quantitative estimate of drug-likeness (QED) is 0.208. The van der Waals surface area contributed by atoms with Gasteiger partial charge < -0.3 is 0 Å². The van der Waals surface area contributed by atoms with Crippen LogP contribution in [0.5, 0.6) is 0 Å². The van der Waals surface area contributed by atoms with Crippen LogP contribution in [0.25, 0.3) is 67.1 Å². The third-order valence-electron chi connectivity index (χ3n) is 8.33. The number of pyridine rings is 1. The van der Waals surface area contributed by atoms with Gasteiger partial charge in [0.25, 0.3) is 0 Å². The molecule has 3 nitrogen and oxygen atoms in total. The molecule has 0 spiro atoms. The summed E-state index contributed by atoms with van der Waals surface area (Å²) in [5, 5.41) is 2.34. The van der Waals surface area contributed by atoms with Crippen LogP contribution in [0.1, 0.15) is 22.3 Å². The van der Waals surface area contributed by atoms with Gasteiger partial charge in [-0.2, -0.15) is 0 Å². The highest BCUT2D eigenvalue weighted by Gasteiger charge is 2.15. The molecule has 7 rings (SSSR count). The molecular weight excluding hydrogens is 534 g/mol. The molecule has 0 unspecified atom stereocenters. The molecule has 5 aromatic carbocycles. The number of hydrogen-bond donors (Lipinski definition) is 0. The SMILES string of the molecule is Cc1ccc(C)c(-c2cc(-c3cc(C)ccc3C)nc(-c3cccc(-c4cccc(-c5nccc6ccccc56)c4)c3)n2)c1. The Morgan fingerprint density at radius 3 is 1.68 bits per heavy atom. The molecule has 7 aromatic rings. The van der Waals surface area contributed by atoms with E-state index in [4.69, 9.17) is 15.0 Å². The standard InChI is InChI=1S/C41H33N3/c1-26-15-17-28(3)36(21-26)38-25-39(37-22-27(2)16-18-29(37)4)44-41(43-38)34-13-8-11-32(24-34)31-10-7-12-33(23-31)40-35-14-6-5-9-30(35)19-20-42-40/h5-25H,1-4H3. The zero-order chi connectivity index (χ0) is 30.2. The second kappa shape index (κ2) is 11.3. The van der Waals surface area contributed by atoms with Gasteiger partial charge in [-0.05, 0) is 91.7 Å². The number of fused-ring (bicyclic) bond motifs is 1. The van der Waals surface area contributed by atoms with E-state index in [0.717, 1.165) is 55.8 Å². The van der Waals surface area contributed by atoms with Crippen LogP contribution in [0.15, 0.2) is 128 Å². The summed E-state index contributed by atoms with van der Waals surface area (Å²) >= 11 is 0. The summed E-state index contributed by atoms with van der Waals surface area (Å²) < 4.78 is 0. The monoisotopic (exact) mass is 567 g/mol. The average molecular weight is 568 g/mol. The van der Waals surface area contributed by atoms with Gasteiger partial charge in [-0.3, -0.25) is 4.98 Å². The van der Waals surface area contributed by atoms with Crippen LogP contribution in [-0.2, 0) is 0 Å². The van der Waals surface area contributed by atoms with Gasteiger partial charge in [0.2, 0.25) is 0 Å². The minimum atomic E-state index is 0.716. The lowest BCUT2D eigenvalue weighted by Crippen LogP contribution is -1.98. The summed E-state index contributed by atoms with van der Waals surface area (Å²) in [5.41, 5.74) is 14.2. The van der Waals surface area contributed by atoms with Crippen molar-refractivity contribution in [1.29, 1.82) is 0 Å². The van der Waals surface area contributed by atoms with Gasteiger partial charge in [0, 0.05) is 33.8 Å². The highest BCUT2D eigenvalue weighted by molar-refractivity contribution is 5.95. The normalized spacial score (nSPS) is 11.2. The lowest BCUT2D eigenvalue weighted by molar-refractivity contribution is 1.17. The largest absolute Gasteiger partial charge is 0.256 e. The van der Waals surface area contributed by atoms with Crippen molar-refractivity contribution in [1.82, 2.24) is 15.0 Å². The molecule has 0 aliphatic rings. The van der Waals surface area contributed by atoms with E-state index < -0.39 is 0 Å². The van der Waals surface area contributed by atoms with Crippen molar-refractivity contribution in [2.45, 2.75) is 27.7 Å². The van der Waals surface area contributed by atoms with E-state index in [-0.39, 0.29) is 0 Å². The molecule has 212 valence electrons. The first-order chi connectivity index (χ1) is 21.4. The summed E-state index contributed by atoms with van der Waals surface area (Å²) in [7, 11) is 0. The van der Waals surface area contributed by atoms with Crippen LogP contribution >= 0.6 is 0 Å². The predicted molar refractivity (Wildman–Crippen MR) is 183 cm³/mol. The number of benzene rings is 5. The maximum absolute atomic E-state index is 5.17. The third-order valence-corrected chi connectivity index (χ3v) is 8.33. The van der Waals surface area contributed by atoms with Crippen molar-refractivity contribution >= 4 is 10.8 Å². The fourth-order valence-corrected chi connectivity index (χ4v) is 5.91. The van der Waals surface area contributed by atoms with Crippen molar-refractivity contribution in [2.24, 2.45) is 0 Å². The van der Waals surface area contributed by atoms with Crippen LogP contribution in [0.4, 0.5) is 0 Å². The smallest absolute Gasteiger partial charge is 0.160 e. The second-order valence-electron chi connectivity index (χ2n) is 11.6. The number of rotatable bonds is 5. The topological polar surface area (TPSA) is 38.7 Å². The van der Waals surface area contributed by atoms with Crippen LogP contribution in [-0.4, -0.2) is 15.0 Å². The highest BCUT2D eigenvalue weighted by atomic mass is 14.9. The molecule has 3 heteroatoms. The summed E-state index contributed by atoms with van der Waals surface area (Å²) in [6.07, 6.45) is 1.89. The maximum atomic E-state index is 5.17. The lowest BCUT2D eigenvalue weighted by Gasteiger charge is -2.14. The number of hydrogen-bond acceptors (Lipinski definition) is 3. The summed E-state index contributed by atoms with van der Waals surface area (Å²) in [6.45, 7) is 8.54. The van der Waals surface area contributed by atoms with Crippen molar-refractivity contribution in [3.63, 3.8) is 0 Å². The molecule has 0 amide bonds. The van der Waals surface area contributed by atoms with Gasteiger partial charge in [0.1, 0.15) is 0 Å².